The molecule has 1 aliphatic heterocycles. The summed E-state index contributed by atoms with van der Waals surface area (Å²) in [6.45, 7) is -0.289. The van der Waals surface area contributed by atoms with E-state index in [2.05, 4.69) is 15.9 Å². The number of benzene rings is 1. The lowest BCUT2D eigenvalue weighted by atomic mass is 9.98. The van der Waals surface area contributed by atoms with E-state index in [0.717, 1.165) is 0 Å². The molecule has 0 bridgehead atoms. The number of hydrogen-bond acceptors (Lipinski definition) is 3. The lowest BCUT2D eigenvalue weighted by Crippen LogP contribution is -2.50. The van der Waals surface area contributed by atoms with Crippen molar-refractivity contribution >= 4 is 27.8 Å². The van der Waals surface area contributed by atoms with Gasteiger partial charge in [0.2, 0.25) is 5.91 Å². The molecular formula is C12H11BrFNO4. The number of likely N-dealkylation sites (N-methyl/N-ethyl adjacent to an activating group) is 1. The number of amides is 1. The third kappa shape index (κ3) is 2.62. The second-order valence-corrected chi connectivity index (χ2v) is 5.05. The molecule has 2 unspecified atom stereocenters. The maximum Gasteiger partial charge on any atom is 0.335 e. The molecule has 19 heavy (non-hydrogen) atoms. The van der Waals surface area contributed by atoms with Crippen LogP contribution < -0.4 is 0 Å². The van der Waals surface area contributed by atoms with Crippen LogP contribution in [0.2, 0.25) is 0 Å². The number of halogens is 2. The number of carboxylic acid groups (broad SMARTS) is 1. The van der Waals surface area contributed by atoms with E-state index in [1.807, 2.05) is 0 Å². The van der Waals surface area contributed by atoms with Crippen LogP contribution in [0.25, 0.3) is 0 Å². The average molecular weight is 332 g/mol. The third-order valence-electron chi connectivity index (χ3n) is 3.01. The molecule has 1 aromatic carbocycles. The number of aliphatic carboxylic acids is 1. The maximum absolute atomic E-state index is 13.5. The highest BCUT2D eigenvalue weighted by molar-refractivity contribution is 9.10. The Morgan fingerprint density at radius 3 is 2.84 bits per heavy atom. The van der Waals surface area contributed by atoms with Crippen LogP contribution in [0.1, 0.15) is 11.6 Å². The fourth-order valence-corrected chi connectivity index (χ4v) is 2.26. The number of morpholine rings is 1. The van der Waals surface area contributed by atoms with Gasteiger partial charge in [0.05, 0.1) is 10.5 Å². The van der Waals surface area contributed by atoms with Gasteiger partial charge in [-0.15, -0.1) is 0 Å². The molecule has 7 heteroatoms. The Balaban J connectivity index is 2.43. The van der Waals surface area contributed by atoms with Crippen molar-refractivity contribution < 1.29 is 23.8 Å². The van der Waals surface area contributed by atoms with Crippen molar-refractivity contribution in [2.75, 3.05) is 13.7 Å². The van der Waals surface area contributed by atoms with Crippen molar-refractivity contribution in [3.8, 4) is 0 Å². The quantitative estimate of drug-likeness (QED) is 0.893. The molecule has 0 aliphatic carbocycles. The molecule has 0 radical (unpaired) electrons. The summed E-state index contributed by atoms with van der Waals surface area (Å²) in [5.74, 6) is -2.05. The van der Waals surface area contributed by atoms with Crippen molar-refractivity contribution in [3.63, 3.8) is 0 Å². The molecule has 1 amide bonds. The molecule has 0 saturated carbocycles. The highest BCUT2D eigenvalue weighted by Gasteiger charge is 2.40. The summed E-state index contributed by atoms with van der Waals surface area (Å²) < 4.78 is 18.9. The van der Waals surface area contributed by atoms with E-state index in [1.54, 1.807) is 6.07 Å². The third-order valence-corrected chi connectivity index (χ3v) is 3.66. The normalized spacial score (nSPS) is 23.5. The maximum atomic E-state index is 13.5. The molecule has 1 fully saturated rings. The van der Waals surface area contributed by atoms with Gasteiger partial charge in [-0.25, -0.2) is 9.18 Å². The van der Waals surface area contributed by atoms with E-state index in [1.165, 1.54) is 24.1 Å². The van der Waals surface area contributed by atoms with Gasteiger partial charge in [0.1, 0.15) is 12.4 Å². The highest BCUT2D eigenvalue weighted by atomic mass is 79.9. The van der Waals surface area contributed by atoms with Crippen LogP contribution in [-0.4, -0.2) is 41.6 Å². The summed E-state index contributed by atoms with van der Waals surface area (Å²) >= 11 is 3.02. The molecule has 0 spiro atoms. The summed E-state index contributed by atoms with van der Waals surface area (Å²) in [5, 5.41) is 9.13. The molecule has 2 rings (SSSR count). The summed E-state index contributed by atoms with van der Waals surface area (Å²) in [6.07, 6.45) is -1.21. The zero-order chi connectivity index (χ0) is 14.2. The first-order chi connectivity index (χ1) is 8.91. The van der Waals surface area contributed by atoms with Crippen molar-refractivity contribution in [3.05, 3.63) is 34.1 Å². The van der Waals surface area contributed by atoms with Crippen LogP contribution >= 0.6 is 15.9 Å². The Bertz CT molecular complexity index is 536. The van der Waals surface area contributed by atoms with Gasteiger partial charge in [0.15, 0.2) is 6.10 Å². The van der Waals surface area contributed by atoms with Gasteiger partial charge >= 0.3 is 5.97 Å². The van der Waals surface area contributed by atoms with Crippen LogP contribution in [0, 0.1) is 5.82 Å². The fraction of sp³-hybridized carbons (Fsp3) is 0.333. The van der Waals surface area contributed by atoms with Crippen molar-refractivity contribution in [1.82, 2.24) is 4.90 Å². The van der Waals surface area contributed by atoms with Crippen molar-refractivity contribution in [2.24, 2.45) is 0 Å². The van der Waals surface area contributed by atoms with E-state index < -0.39 is 23.9 Å². The van der Waals surface area contributed by atoms with E-state index >= 15 is 0 Å². The molecular weight excluding hydrogens is 321 g/mol. The van der Waals surface area contributed by atoms with Gasteiger partial charge in [0.25, 0.3) is 0 Å². The zero-order valence-electron chi connectivity index (χ0n) is 9.97. The minimum atomic E-state index is -1.21. The predicted octanol–water partition coefficient (Wildman–Crippen LogP) is 1.57. The minimum absolute atomic E-state index is 0.272. The zero-order valence-corrected chi connectivity index (χ0v) is 11.6. The summed E-state index contributed by atoms with van der Waals surface area (Å²) in [4.78, 5) is 24.0. The van der Waals surface area contributed by atoms with Crippen molar-refractivity contribution in [1.29, 1.82) is 0 Å². The van der Waals surface area contributed by atoms with Crippen LogP contribution in [-0.2, 0) is 14.3 Å². The number of ether oxygens (including phenoxy) is 1. The molecule has 1 heterocycles. The Hall–Kier alpha value is -1.47. The van der Waals surface area contributed by atoms with E-state index in [9.17, 15) is 14.0 Å². The molecule has 0 aromatic heterocycles. The van der Waals surface area contributed by atoms with Crippen LogP contribution in [0.4, 0.5) is 4.39 Å². The first-order valence-electron chi connectivity index (χ1n) is 5.47. The SMILES string of the molecule is CN1C(=O)COC(C(=O)O)C1c1ccc(Br)c(F)c1. The number of carboxylic acids is 1. The largest absolute Gasteiger partial charge is 0.479 e. The molecule has 2 atom stereocenters. The molecule has 5 nitrogen and oxygen atoms in total. The van der Waals surface area contributed by atoms with Crippen LogP contribution in [0.3, 0.4) is 0 Å². The second-order valence-electron chi connectivity index (χ2n) is 4.19. The molecule has 102 valence electrons. The van der Waals surface area contributed by atoms with Gasteiger partial charge in [0, 0.05) is 7.05 Å². The monoisotopic (exact) mass is 331 g/mol. The van der Waals surface area contributed by atoms with E-state index in [0.29, 0.717) is 5.56 Å². The molecule has 1 aliphatic rings. The second kappa shape index (κ2) is 5.26. The predicted molar refractivity (Wildman–Crippen MR) is 67.0 cm³/mol. The topological polar surface area (TPSA) is 66.8 Å². The van der Waals surface area contributed by atoms with E-state index in [-0.39, 0.29) is 17.0 Å². The van der Waals surface area contributed by atoms with E-state index in [4.69, 9.17) is 9.84 Å². The summed E-state index contributed by atoms with van der Waals surface area (Å²) in [6, 6.07) is 3.38. The smallest absolute Gasteiger partial charge is 0.335 e. The van der Waals surface area contributed by atoms with Crippen LogP contribution in [0.5, 0.6) is 0 Å². The lowest BCUT2D eigenvalue weighted by molar-refractivity contribution is -0.171. The standard InChI is InChI=1S/C12H11BrFNO4/c1-15-9(16)5-19-11(12(17)18)10(15)6-2-3-7(13)8(14)4-6/h2-4,10-11H,5H2,1H3,(H,17,18). The first kappa shape index (κ1) is 14.0. The fourth-order valence-electron chi connectivity index (χ4n) is 2.01. The molecule has 1 aromatic rings. The lowest BCUT2D eigenvalue weighted by Gasteiger charge is -2.37. The Labute approximate surface area is 117 Å². The molecule has 1 N–H and O–H groups in total. The number of carbonyl (C=O) groups is 2. The number of nitrogens with zero attached hydrogens (tertiary/aromatic N) is 1. The Kier molecular flexibility index (Phi) is 3.86. The summed E-state index contributed by atoms with van der Waals surface area (Å²) in [7, 11) is 1.48. The summed E-state index contributed by atoms with van der Waals surface area (Å²) in [5.41, 5.74) is 0.378. The van der Waals surface area contributed by atoms with Gasteiger partial charge in [-0.3, -0.25) is 4.79 Å². The average Bonchev–Trinajstić information content (AvgIpc) is 2.35. The van der Waals surface area contributed by atoms with Crippen molar-refractivity contribution in [2.45, 2.75) is 12.1 Å². The number of carbonyl (C=O) groups excluding carboxylic acids is 1. The molecule has 1 saturated heterocycles. The Morgan fingerprint density at radius 1 is 1.58 bits per heavy atom. The Morgan fingerprint density at radius 2 is 2.26 bits per heavy atom. The number of hydrogen-bond donors (Lipinski definition) is 1. The van der Waals surface area contributed by atoms with Gasteiger partial charge in [-0.05, 0) is 33.6 Å². The van der Waals surface area contributed by atoms with Gasteiger partial charge < -0.3 is 14.7 Å². The van der Waals surface area contributed by atoms with Gasteiger partial charge in [-0.1, -0.05) is 6.07 Å². The van der Waals surface area contributed by atoms with Gasteiger partial charge in [-0.2, -0.15) is 0 Å². The minimum Gasteiger partial charge on any atom is -0.479 e. The first-order valence-corrected chi connectivity index (χ1v) is 6.26. The van der Waals surface area contributed by atoms with Crippen LogP contribution in [0.15, 0.2) is 22.7 Å². The number of rotatable bonds is 2. The highest BCUT2D eigenvalue weighted by Crippen LogP contribution is 2.31.